The van der Waals surface area contributed by atoms with Gasteiger partial charge in [-0.3, -0.25) is 4.79 Å². The average Bonchev–Trinajstić information content (AvgIpc) is 2.29. The second kappa shape index (κ2) is 3.81. The molecule has 1 amide bonds. The summed E-state index contributed by atoms with van der Waals surface area (Å²) in [5, 5.41) is 0.500. The molecule has 0 bridgehead atoms. The van der Waals surface area contributed by atoms with Crippen LogP contribution in [0.3, 0.4) is 0 Å². The lowest BCUT2D eigenvalue weighted by Gasteiger charge is -1.87. The molecule has 1 unspecified atom stereocenters. The predicted molar refractivity (Wildman–Crippen MR) is 49.5 cm³/mol. The van der Waals surface area contributed by atoms with Gasteiger partial charge in [-0.15, -0.1) is 0 Å². The molecule has 5 N–H and O–H groups in total. The van der Waals surface area contributed by atoms with Crippen molar-refractivity contribution in [2.24, 2.45) is 5.73 Å². The van der Waals surface area contributed by atoms with E-state index in [1.165, 1.54) is 0 Å². The number of rotatable bonds is 3. The van der Waals surface area contributed by atoms with E-state index in [9.17, 15) is 9.00 Å². The van der Waals surface area contributed by atoms with Crippen molar-refractivity contribution >= 4 is 33.3 Å². The number of aromatic nitrogens is 1. The number of nitrogens with two attached hydrogens (primary N) is 2. The monoisotopic (exact) mass is 221 g/mol. The van der Waals surface area contributed by atoms with Crippen LogP contribution >= 0.6 is 11.3 Å². The molecule has 0 aliphatic carbocycles. The number of hydrogen-bond donors (Lipinski definition) is 3. The largest absolute Gasteiger partial charge is 0.389 e. The van der Waals surface area contributed by atoms with Crippen molar-refractivity contribution in [3.8, 4) is 0 Å². The van der Waals surface area contributed by atoms with Gasteiger partial charge in [0, 0.05) is 0 Å². The zero-order valence-corrected chi connectivity index (χ0v) is 8.02. The summed E-state index contributed by atoms with van der Waals surface area (Å²) in [6.45, 7) is 0. The summed E-state index contributed by atoms with van der Waals surface area (Å²) < 4.78 is 18.9. The Hall–Kier alpha value is -0.990. The molecular weight excluding hydrogens is 214 g/mol. The highest BCUT2D eigenvalue weighted by Crippen LogP contribution is 2.21. The molecule has 0 radical (unpaired) electrons. The molecule has 0 saturated heterocycles. The maximum atomic E-state index is 10.7. The highest BCUT2D eigenvalue weighted by Gasteiger charge is 2.13. The van der Waals surface area contributed by atoms with Gasteiger partial charge in [0.05, 0.1) is 0 Å². The third-order valence-electron chi connectivity index (χ3n) is 1.18. The average molecular weight is 221 g/mol. The lowest BCUT2D eigenvalue weighted by atomic mass is 10.4. The zero-order valence-electron chi connectivity index (χ0n) is 6.39. The molecule has 0 fully saturated rings. The van der Waals surface area contributed by atoms with E-state index in [0.29, 0.717) is 5.01 Å². The molecule has 0 aliphatic rings. The van der Waals surface area contributed by atoms with Crippen molar-refractivity contribution < 1.29 is 13.6 Å². The number of anilines is 1. The van der Waals surface area contributed by atoms with Crippen molar-refractivity contribution in [1.82, 2.24) is 4.98 Å². The molecule has 1 heterocycles. The summed E-state index contributed by atoms with van der Waals surface area (Å²) in [6.07, 6.45) is 0. The maximum Gasteiger partial charge on any atom is 0.270 e. The van der Waals surface area contributed by atoms with Crippen LogP contribution in [0.5, 0.6) is 0 Å². The van der Waals surface area contributed by atoms with Crippen molar-refractivity contribution in [3.63, 3.8) is 0 Å². The van der Waals surface area contributed by atoms with Crippen LogP contribution in [0.2, 0.25) is 0 Å². The van der Waals surface area contributed by atoms with Crippen LogP contribution in [0, 0.1) is 0 Å². The predicted octanol–water partition coefficient (Wildman–Crippen LogP) is -0.454. The van der Waals surface area contributed by atoms with E-state index in [2.05, 4.69) is 4.98 Å². The number of amides is 1. The van der Waals surface area contributed by atoms with Gasteiger partial charge < -0.3 is 16.0 Å². The first-order valence-corrected chi connectivity index (χ1v) is 5.22. The van der Waals surface area contributed by atoms with E-state index in [1.54, 1.807) is 0 Å². The van der Waals surface area contributed by atoms with E-state index < -0.39 is 17.0 Å². The van der Waals surface area contributed by atoms with E-state index >= 15 is 0 Å². The molecule has 1 aromatic rings. The molecule has 0 aromatic carbocycles. The Morgan fingerprint density at radius 1 is 1.69 bits per heavy atom. The van der Waals surface area contributed by atoms with Crippen molar-refractivity contribution in [2.45, 2.75) is 5.75 Å². The van der Waals surface area contributed by atoms with Crippen LogP contribution in [0.15, 0.2) is 0 Å². The first-order valence-electron chi connectivity index (χ1n) is 3.13. The van der Waals surface area contributed by atoms with E-state index in [0.717, 1.165) is 11.3 Å². The van der Waals surface area contributed by atoms with Gasteiger partial charge in [0.15, 0.2) is 16.8 Å². The van der Waals surface area contributed by atoms with Gasteiger partial charge in [0.1, 0.15) is 15.8 Å². The van der Waals surface area contributed by atoms with E-state index in [4.69, 9.17) is 16.0 Å². The van der Waals surface area contributed by atoms with Gasteiger partial charge in [-0.05, 0) is 0 Å². The first-order chi connectivity index (χ1) is 6.00. The number of thiazole rings is 1. The first kappa shape index (κ1) is 10.1. The van der Waals surface area contributed by atoms with Gasteiger partial charge >= 0.3 is 0 Å². The molecule has 0 spiro atoms. The standard InChI is InChI=1S/C5H7N3O3S2/c6-4(9)3-5(7)12-2(8-3)1-13(10)11/h1,7H2,(H2,6,9)(H,10,11). The number of nitrogens with zero attached hydrogens (tertiary/aromatic N) is 1. The Kier molecular flexibility index (Phi) is 2.96. The number of carbonyl (C=O) groups excluding carboxylic acids is 1. The van der Waals surface area contributed by atoms with Gasteiger partial charge in [-0.25, -0.2) is 9.19 Å². The number of hydrogen-bond acceptors (Lipinski definition) is 5. The zero-order chi connectivity index (χ0) is 10.0. The SMILES string of the molecule is NC(=O)c1nc(CS(=O)O)sc1N. The summed E-state index contributed by atoms with van der Waals surface area (Å²) in [7, 11) is 0. The summed E-state index contributed by atoms with van der Waals surface area (Å²) in [5.41, 5.74) is 10.3. The Labute approximate surface area is 80.2 Å². The van der Waals surface area contributed by atoms with Crippen molar-refractivity contribution in [1.29, 1.82) is 0 Å². The van der Waals surface area contributed by atoms with Gasteiger partial charge in [0.2, 0.25) is 0 Å². The fraction of sp³-hybridized carbons (Fsp3) is 0.200. The van der Waals surface area contributed by atoms with Gasteiger partial charge in [-0.1, -0.05) is 11.3 Å². The third-order valence-corrected chi connectivity index (χ3v) is 2.77. The number of nitrogen functional groups attached to an aromatic ring is 1. The third kappa shape index (κ3) is 2.47. The summed E-state index contributed by atoms with van der Waals surface area (Å²) in [4.78, 5) is 14.4. The molecule has 1 rings (SSSR count). The van der Waals surface area contributed by atoms with E-state index in [1.807, 2.05) is 0 Å². The summed E-state index contributed by atoms with van der Waals surface area (Å²) in [5.74, 6) is -0.869. The van der Waals surface area contributed by atoms with Gasteiger partial charge in [-0.2, -0.15) is 0 Å². The van der Waals surface area contributed by atoms with Crippen LogP contribution < -0.4 is 11.5 Å². The van der Waals surface area contributed by atoms with Crippen LogP contribution in [0.4, 0.5) is 5.00 Å². The molecule has 1 atom stereocenters. The molecule has 13 heavy (non-hydrogen) atoms. The molecular formula is C5H7N3O3S2. The summed E-state index contributed by atoms with van der Waals surface area (Å²) in [6, 6.07) is 0. The Morgan fingerprint density at radius 3 is 2.69 bits per heavy atom. The minimum Gasteiger partial charge on any atom is -0.389 e. The van der Waals surface area contributed by atoms with E-state index in [-0.39, 0.29) is 16.4 Å². The minimum absolute atomic E-state index is 0.0366. The van der Waals surface area contributed by atoms with Crippen molar-refractivity contribution in [3.05, 3.63) is 10.7 Å². The topological polar surface area (TPSA) is 119 Å². The highest BCUT2D eigenvalue weighted by atomic mass is 32.2. The molecule has 0 saturated carbocycles. The molecule has 0 aliphatic heterocycles. The number of primary amides is 1. The molecule has 8 heteroatoms. The van der Waals surface area contributed by atoms with Crippen molar-refractivity contribution in [2.75, 3.05) is 5.73 Å². The fourth-order valence-corrected chi connectivity index (χ4v) is 2.17. The van der Waals surface area contributed by atoms with Crippen LogP contribution in [-0.4, -0.2) is 19.7 Å². The lowest BCUT2D eigenvalue weighted by molar-refractivity contribution is 0.0997. The minimum atomic E-state index is -1.98. The second-order valence-corrected chi connectivity index (χ2v) is 4.20. The molecule has 1 aromatic heterocycles. The molecule has 72 valence electrons. The maximum absolute atomic E-state index is 10.7. The summed E-state index contributed by atoms with van der Waals surface area (Å²) >= 11 is -1.00. The smallest absolute Gasteiger partial charge is 0.270 e. The lowest BCUT2D eigenvalue weighted by Crippen LogP contribution is -2.13. The normalized spacial score (nSPS) is 12.7. The Balaban J connectivity index is 2.95. The van der Waals surface area contributed by atoms with Gasteiger partial charge in [0.25, 0.3) is 5.91 Å². The Morgan fingerprint density at radius 2 is 2.31 bits per heavy atom. The van der Waals surface area contributed by atoms with Crippen LogP contribution in [0.25, 0.3) is 0 Å². The second-order valence-electron chi connectivity index (χ2n) is 2.15. The quantitative estimate of drug-likeness (QED) is 0.597. The fourth-order valence-electron chi connectivity index (χ4n) is 0.722. The number of carbonyl (C=O) groups is 1. The highest BCUT2D eigenvalue weighted by molar-refractivity contribution is 7.78. The van der Waals surface area contributed by atoms with Crippen LogP contribution in [0.1, 0.15) is 15.5 Å². The molecule has 6 nitrogen and oxygen atoms in total. The Bertz CT molecular complexity index is 362. The van der Waals surface area contributed by atoms with Crippen LogP contribution in [-0.2, 0) is 16.8 Å².